The van der Waals surface area contributed by atoms with Crippen molar-refractivity contribution in [2.45, 2.75) is 43.4 Å². The van der Waals surface area contributed by atoms with Crippen molar-refractivity contribution in [2.24, 2.45) is 0 Å². The van der Waals surface area contributed by atoms with Gasteiger partial charge in [0.05, 0.1) is 10.6 Å². The number of amides is 1. The van der Waals surface area contributed by atoms with E-state index in [1.54, 1.807) is 23.0 Å². The molecule has 2 N–H and O–H groups in total. The molecule has 0 radical (unpaired) electrons. The highest BCUT2D eigenvalue weighted by molar-refractivity contribution is 7.89. The lowest BCUT2D eigenvalue weighted by Gasteiger charge is -2.16. The van der Waals surface area contributed by atoms with Crippen molar-refractivity contribution in [2.75, 3.05) is 13.1 Å². The Morgan fingerprint density at radius 3 is 2.53 bits per heavy atom. The van der Waals surface area contributed by atoms with Crippen LogP contribution in [-0.4, -0.2) is 37.2 Å². The Morgan fingerprint density at radius 1 is 1.00 bits per heavy atom. The van der Waals surface area contributed by atoms with Gasteiger partial charge in [0.15, 0.2) is 0 Å². The van der Waals surface area contributed by atoms with E-state index < -0.39 is 10.0 Å². The van der Waals surface area contributed by atoms with Crippen molar-refractivity contribution in [1.29, 1.82) is 0 Å². The average Bonchev–Trinajstić information content (AvgIpc) is 3.34. The van der Waals surface area contributed by atoms with Gasteiger partial charge in [0.25, 0.3) is 0 Å². The Hall–Kier alpha value is -2.97. The van der Waals surface area contributed by atoms with Crippen molar-refractivity contribution >= 4 is 15.9 Å². The molecule has 0 bridgehead atoms. The van der Waals surface area contributed by atoms with Crippen molar-refractivity contribution in [3.8, 4) is 5.69 Å². The Kier molecular flexibility index (Phi) is 7.02. The maximum atomic E-state index is 12.6. The third-order valence-electron chi connectivity index (χ3n) is 5.72. The number of benzene rings is 2. The topological polar surface area (TPSA) is 93.1 Å². The number of aryl methyl sites for hydroxylation is 2. The van der Waals surface area contributed by atoms with Gasteiger partial charge in [-0.25, -0.2) is 17.8 Å². The van der Waals surface area contributed by atoms with E-state index in [1.807, 2.05) is 42.6 Å². The summed E-state index contributed by atoms with van der Waals surface area (Å²) in [5.41, 5.74) is 4.45. The third-order valence-corrected chi connectivity index (χ3v) is 7.17. The summed E-state index contributed by atoms with van der Waals surface area (Å²) in [4.78, 5) is 12.4. The van der Waals surface area contributed by atoms with E-state index in [9.17, 15) is 13.2 Å². The third kappa shape index (κ3) is 5.63. The second kappa shape index (κ2) is 10.1. The molecule has 0 saturated heterocycles. The average molecular weight is 453 g/mol. The van der Waals surface area contributed by atoms with Crippen molar-refractivity contribution in [1.82, 2.24) is 19.8 Å². The minimum atomic E-state index is -3.61. The molecule has 0 unspecified atom stereocenters. The van der Waals surface area contributed by atoms with Crippen LogP contribution in [0.5, 0.6) is 0 Å². The predicted molar refractivity (Wildman–Crippen MR) is 123 cm³/mol. The smallest absolute Gasteiger partial charge is 0.240 e. The highest BCUT2D eigenvalue weighted by atomic mass is 32.2. The van der Waals surface area contributed by atoms with E-state index in [4.69, 9.17) is 0 Å². The molecule has 1 aliphatic rings. The second-order valence-electron chi connectivity index (χ2n) is 8.00. The maximum Gasteiger partial charge on any atom is 0.240 e. The first-order valence-electron chi connectivity index (χ1n) is 11.0. The normalized spacial score (nSPS) is 13.5. The molecule has 32 heavy (non-hydrogen) atoms. The molecule has 3 aromatic rings. The van der Waals surface area contributed by atoms with Crippen LogP contribution in [0.3, 0.4) is 0 Å². The van der Waals surface area contributed by atoms with Gasteiger partial charge in [-0.3, -0.25) is 4.79 Å². The minimum Gasteiger partial charge on any atom is -0.356 e. The van der Waals surface area contributed by atoms with E-state index in [0.29, 0.717) is 13.0 Å². The van der Waals surface area contributed by atoms with E-state index in [-0.39, 0.29) is 23.8 Å². The molecule has 1 aliphatic carbocycles. The van der Waals surface area contributed by atoms with Gasteiger partial charge in [-0.1, -0.05) is 18.2 Å². The standard InChI is InChI=1S/C24H28N4O3S/c29-24(25-15-12-19-6-9-22(10-7-19)28-17-3-14-26-28)13-16-27-32(30,31)23-11-8-20-4-1-2-5-21(20)18-23/h3,6-11,14,17-18,27H,1-2,4-5,12-13,15-16H2,(H,25,29). The summed E-state index contributed by atoms with van der Waals surface area (Å²) in [6, 6.07) is 15.2. The summed E-state index contributed by atoms with van der Waals surface area (Å²) < 4.78 is 29.5. The molecule has 0 saturated carbocycles. The van der Waals surface area contributed by atoms with Crippen LogP contribution in [-0.2, 0) is 34.1 Å². The summed E-state index contributed by atoms with van der Waals surface area (Å²) in [5.74, 6) is -0.175. The number of hydrogen-bond acceptors (Lipinski definition) is 4. The number of sulfonamides is 1. The van der Waals surface area contributed by atoms with Crippen molar-refractivity contribution < 1.29 is 13.2 Å². The number of rotatable bonds is 9. The predicted octanol–water partition coefficient (Wildman–Crippen LogP) is 2.78. The molecular formula is C24H28N4O3S. The number of carbonyl (C=O) groups excluding carboxylic acids is 1. The Morgan fingerprint density at radius 2 is 1.78 bits per heavy atom. The van der Waals surface area contributed by atoms with Crippen molar-refractivity contribution in [3.63, 3.8) is 0 Å². The van der Waals surface area contributed by atoms with Gasteiger partial charge in [0, 0.05) is 31.9 Å². The molecule has 2 aromatic carbocycles. The van der Waals surface area contributed by atoms with Gasteiger partial charge in [0.1, 0.15) is 0 Å². The summed E-state index contributed by atoms with van der Waals surface area (Å²) in [5, 5.41) is 7.05. The fourth-order valence-corrected chi connectivity index (χ4v) is 5.01. The SMILES string of the molecule is O=C(CCNS(=O)(=O)c1ccc2c(c1)CCCC2)NCCc1ccc(-n2cccn2)cc1. The summed E-state index contributed by atoms with van der Waals surface area (Å²) in [6.07, 6.45) is 8.60. The second-order valence-corrected chi connectivity index (χ2v) is 9.77. The van der Waals surface area contributed by atoms with E-state index in [2.05, 4.69) is 15.1 Å². The van der Waals surface area contributed by atoms with Crippen LogP contribution in [0.2, 0.25) is 0 Å². The Balaban J connectivity index is 1.19. The number of nitrogens with one attached hydrogen (secondary N) is 2. The molecule has 1 heterocycles. The van der Waals surface area contributed by atoms with Gasteiger partial charge >= 0.3 is 0 Å². The number of fused-ring (bicyclic) bond motifs is 1. The van der Waals surface area contributed by atoms with Crippen molar-refractivity contribution in [3.05, 3.63) is 77.6 Å². The lowest BCUT2D eigenvalue weighted by molar-refractivity contribution is -0.120. The molecule has 168 valence electrons. The quantitative estimate of drug-likeness (QED) is 0.522. The lowest BCUT2D eigenvalue weighted by atomic mass is 9.92. The molecule has 7 nitrogen and oxygen atoms in total. The summed E-state index contributed by atoms with van der Waals surface area (Å²) >= 11 is 0. The molecule has 1 aromatic heterocycles. The first kappa shape index (κ1) is 22.2. The largest absolute Gasteiger partial charge is 0.356 e. The van der Waals surface area contributed by atoms with Crippen LogP contribution >= 0.6 is 0 Å². The van der Waals surface area contributed by atoms with Gasteiger partial charge < -0.3 is 5.32 Å². The zero-order chi connectivity index (χ0) is 22.4. The molecule has 0 aliphatic heterocycles. The fraction of sp³-hybridized carbons (Fsp3) is 0.333. The van der Waals surface area contributed by atoms with Gasteiger partial charge in [-0.15, -0.1) is 0 Å². The first-order valence-corrected chi connectivity index (χ1v) is 12.5. The summed E-state index contributed by atoms with van der Waals surface area (Å²) in [7, 11) is -3.61. The Bertz CT molecular complexity index is 1160. The minimum absolute atomic E-state index is 0.0732. The molecule has 0 spiro atoms. The van der Waals surface area contributed by atoms with E-state index in [1.165, 1.54) is 5.56 Å². The highest BCUT2D eigenvalue weighted by Crippen LogP contribution is 2.24. The van der Waals surface area contributed by atoms with Crippen LogP contribution in [0.1, 0.15) is 36.0 Å². The van der Waals surface area contributed by atoms with Crippen LogP contribution < -0.4 is 10.0 Å². The highest BCUT2D eigenvalue weighted by Gasteiger charge is 2.17. The number of aromatic nitrogens is 2. The van der Waals surface area contributed by atoms with E-state index >= 15 is 0 Å². The van der Waals surface area contributed by atoms with Crippen LogP contribution in [0, 0.1) is 0 Å². The Labute approximate surface area is 188 Å². The van der Waals surface area contributed by atoms with Gasteiger partial charge in [-0.2, -0.15) is 5.10 Å². The fourth-order valence-electron chi connectivity index (χ4n) is 3.93. The molecular weight excluding hydrogens is 424 g/mol. The first-order chi connectivity index (χ1) is 15.5. The maximum absolute atomic E-state index is 12.6. The zero-order valence-electron chi connectivity index (χ0n) is 18.0. The molecule has 0 atom stereocenters. The molecule has 8 heteroatoms. The molecule has 1 amide bonds. The number of nitrogens with zero attached hydrogens (tertiary/aromatic N) is 2. The lowest BCUT2D eigenvalue weighted by Crippen LogP contribution is -2.31. The van der Waals surface area contributed by atoms with Crippen LogP contribution in [0.25, 0.3) is 5.69 Å². The molecule has 0 fully saturated rings. The zero-order valence-corrected chi connectivity index (χ0v) is 18.8. The monoisotopic (exact) mass is 452 g/mol. The van der Waals surface area contributed by atoms with Crippen LogP contribution in [0.15, 0.2) is 65.8 Å². The van der Waals surface area contributed by atoms with Gasteiger partial charge in [0.2, 0.25) is 15.9 Å². The van der Waals surface area contributed by atoms with Crippen LogP contribution in [0.4, 0.5) is 0 Å². The number of hydrogen-bond donors (Lipinski definition) is 2. The number of carbonyl (C=O) groups is 1. The summed E-state index contributed by atoms with van der Waals surface area (Å²) in [6.45, 7) is 0.571. The van der Waals surface area contributed by atoms with E-state index in [0.717, 1.165) is 42.5 Å². The molecule has 4 rings (SSSR count). The van der Waals surface area contributed by atoms with Gasteiger partial charge in [-0.05, 0) is 79.1 Å².